The van der Waals surface area contributed by atoms with Gasteiger partial charge in [-0.05, 0) is 25.5 Å². The Hall–Kier alpha value is -1.33. The van der Waals surface area contributed by atoms with E-state index in [1.165, 1.54) is 0 Å². The van der Waals surface area contributed by atoms with Crippen molar-refractivity contribution in [3.05, 3.63) is 24.2 Å². The van der Waals surface area contributed by atoms with Gasteiger partial charge < -0.3 is 20.2 Å². The average Bonchev–Trinajstić information content (AvgIpc) is 2.86. The van der Waals surface area contributed by atoms with Crippen LogP contribution in [0.1, 0.15) is 25.5 Å². The van der Waals surface area contributed by atoms with Crippen LogP contribution in [0.25, 0.3) is 0 Å². The molecule has 3 N–H and O–H groups in total. The van der Waals surface area contributed by atoms with E-state index >= 15 is 0 Å². The zero-order chi connectivity index (χ0) is 13.4. The fraction of sp³-hybridized carbons (Fsp3) is 0.615. The Labute approximate surface area is 108 Å². The fourth-order valence-corrected chi connectivity index (χ4v) is 1.69. The van der Waals surface area contributed by atoms with Crippen LogP contribution in [0.15, 0.2) is 22.8 Å². The first kappa shape index (κ1) is 14.7. The molecule has 1 amide bonds. The minimum Gasteiger partial charge on any atom is -0.469 e. The molecule has 1 aromatic heterocycles. The van der Waals surface area contributed by atoms with E-state index < -0.39 is 0 Å². The monoisotopic (exact) mass is 254 g/mol. The van der Waals surface area contributed by atoms with Gasteiger partial charge in [-0.3, -0.25) is 4.79 Å². The van der Waals surface area contributed by atoms with E-state index in [-0.39, 0.29) is 18.1 Å². The second-order valence-electron chi connectivity index (χ2n) is 4.38. The molecule has 0 aromatic carbocycles. The van der Waals surface area contributed by atoms with Gasteiger partial charge in [0.05, 0.1) is 18.8 Å². The lowest BCUT2D eigenvalue weighted by Crippen LogP contribution is -2.37. The number of furan rings is 1. The van der Waals surface area contributed by atoms with E-state index in [1.807, 2.05) is 19.1 Å². The number of carbonyl (C=O) groups excluding carboxylic acids is 1. The van der Waals surface area contributed by atoms with E-state index in [9.17, 15) is 4.79 Å². The number of carbonyl (C=O) groups is 1. The fourth-order valence-electron chi connectivity index (χ4n) is 1.69. The summed E-state index contributed by atoms with van der Waals surface area (Å²) in [6.45, 7) is 2.33. The molecule has 0 bridgehead atoms. The lowest BCUT2D eigenvalue weighted by Gasteiger charge is -2.16. The molecule has 0 aliphatic carbocycles. The maximum Gasteiger partial charge on any atom is 0.222 e. The van der Waals surface area contributed by atoms with Crippen molar-refractivity contribution < 1.29 is 13.9 Å². The predicted molar refractivity (Wildman–Crippen MR) is 69.1 cm³/mol. The van der Waals surface area contributed by atoms with Crippen LogP contribution in [-0.2, 0) is 16.0 Å². The molecule has 2 unspecified atom stereocenters. The third-order valence-corrected chi connectivity index (χ3v) is 2.82. The quantitative estimate of drug-likeness (QED) is 0.727. The van der Waals surface area contributed by atoms with Crippen molar-refractivity contribution in [2.24, 2.45) is 5.73 Å². The lowest BCUT2D eigenvalue weighted by molar-refractivity contribution is -0.124. The van der Waals surface area contributed by atoms with Crippen molar-refractivity contribution >= 4 is 5.91 Å². The highest BCUT2D eigenvalue weighted by Gasteiger charge is 2.13. The average molecular weight is 254 g/mol. The highest BCUT2D eigenvalue weighted by molar-refractivity contribution is 5.76. The maximum absolute atomic E-state index is 11.7. The first-order chi connectivity index (χ1) is 8.65. The first-order valence-electron chi connectivity index (χ1n) is 6.20. The van der Waals surface area contributed by atoms with Gasteiger partial charge in [0, 0.05) is 26.1 Å². The molecule has 0 spiro atoms. The van der Waals surface area contributed by atoms with E-state index in [2.05, 4.69) is 5.32 Å². The van der Waals surface area contributed by atoms with Crippen LogP contribution < -0.4 is 11.1 Å². The van der Waals surface area contributed by atoms with Gasteiger partial charge in [0.2, 0.25) is 5.91 Å². The molecule has 1 aromatic rings. The van der Waals surface area contributed by atoms with E-state index in [0.717, 1.165) is 18.6 Å². The molecule has 2 atom stereocenters. The summed E-state index contributed by atoms with van der Waals surface area (Å²) in [5.74, 6) is 0.909. The predicted octanol–water partition coefficient (Wildman–Crippen LogP) is 1.08. The van der Waals surface area contributed by atoms with Crippen molar-refractivity contribution in [2.75, 3.05) is 13.7 Å². The van der Waals surface area contributed by atoms with Gasteiger partial charge in [-0.2, -0.15) is 0 Å². The van der Waals surface area contributed by atoms with Crippen LogP contribution in [0.4, 0.5) is 0 Å². The van der Waals surface area contributed by atoms with Gasteiger partial charge in [0.15, 0.2) is 0 Å². The molecule has 0 saturated carbocycles. The molecule has 5 heteroatoms. The summed E-state index contributed by atoms with van der Waals surface area (Å²) in [5, 5.41) is 2.93. The number of nitrogens with two attached hydrogens (primary N) is 1. The van der Waals surface area contributed by atoms with E-state index in [1.54, 1.807) is 13.4 Å². The summed E-state index contributed by atoms with van der Waals surface area (Å²) in [5.41, 5.74) is 5.47. The molecule has 18 heavy (non-hydrogen) atoms. The van der Waals surface area contributed by atoms with Crippen LogP contribution in [0.2, 0.25) is 0 Å². The Morgan fingerprint density at radius 3 is 2.94 bits per heavy atom. The third kappa shape index (κ3) is 5.33. The van der Waals surface area contributed by atoms with Gasteiger partial charge in [-0.25, -0.2) is 0 Å². The molecule has 102 valence electrons. The third-order valence-electron chi connectivity index (χ3n) is 2.82. The lowest BCUT2D eigenvalue weighted by atomic mass is 10.1. The molecule has 5 nitrogen and oxygen atoms in total. The number of rotatable bonds is 8. The number of nitrogens with one attached hydrogen (secondary N) is 1. The molecule has 0 aliphatic heterocycles. The summed E-state index contributed by atoms with van der Waals surface area (Å²) in [6.07, 6.45) is 3.42. The second kappa shape index (κ2) is 7.89. The van der Waals surface area contributed by atoms with Crippen molar-refractivity contribution in [1.29, 1.82) is 0 Å². The smallest absolute Gasteiger partial charge is 0.222 e. The zero-order valence-corrected chi connectivity index (χ0v) is 11.0. The largest absolute Gasteiger partial charge is 0.469 e. The van der Waals surface area contributed by atoms with Crippen LogP contribution in [0, 0.1) is 0 Å². The minimum atomic E-state index is -0.206. The minimum absolute atomic E-state index is 0.0285. The summed E-state index contributed by atoms with van der Waals surface area (Å²) >= 11 is 0. The molecular formula is C13H22N2O3. The summed E-state index contributed by atoms with van der Waals surface area (Å²) in [7, 11) is 1.56. The Bertz CT molecular complexity index is 334. The van der Waals surface area contributed by atoms with Crippen LogP contribution in [0.3, 0.4) is 0 Å². The van der Waals surface area contributed by atoms with Crippen molar-refractivity contribution in [2.45, 2.75) is 38.3 Å². The number of ether oxygens (including phenoxy) is 1. The molecule has 1 heterocycles. The number of amides is 1. The van der Waals surface area contributed by atoms with Crippen molar-refractivity contribution in [3.8, 4) is 0 Å². The van der Waals surface area contributed by atoms with Crippen LogP contribution in [0.5, 0.6) is 0 Å². The second-order valence-corrected chi connectivity index (χ2v) is 4.38. The van der Waals surface area contributed by atoms with Gasteiger partial charge in [-0.15, -0.1) is 0 Å². The SMILES string of the molecule is COC(CN)CC(=O)NC(C)CCc1ccco1. The molecule has 0 fully saturated rings. The zero-order valence-electron chi connectivity index (χ0n) is 11.0. The topological polar surface area (TPSA) is 77.5 Å². The normalized spacial score (nSPS) is 14.2. The van der Waals surface area contributed by atoms with Gasteiger partial charge >= 0.3 is 0 Å². The van der Waals surface area contributed by atoms with Crippen LogP contribution in [-0.4, -0.2) is 31.7 Å². The molecule has 0 saturated heterocycles. The van der Waals surface area contributed by atoms with Crippen molar-refractivity contribution in [1.82, 2.24) is 5.32 Å². The summed E-state index contributed by atoms with van der Waals surface area (Å²) in [4.78, 5) is 11.7. The van der Waals surface area contributed by atoms with E-state index in [0.29, 0.717) is 13.0 Å². The maximum atomic E-state index is 11.7. The Balaban J connectivity index is 2.22. The number of aryl methyl sites for hydroxylation is 1. The van der Waals surface area contributed by atoms with Crippen molar-refractivity contribution in [3.63, 3.8) is 0 Å². The van der Waals surface area contributed by atoms with Crippen LogP contribution >= 0.6 is 0 Å². The summed E-state index contributed by atoms with van der Waals surface area (Å²) < 4.78 is 10.3. The van der Waals surface area contributed by atoms with Gasteiger partial charge in [-0.1, -0.05) is 0 Å². The Morgan fingerprint density at radius 2 is 2.39 bits per heavy atom. The number of hydrogen-bond acceptors (Lipinski definition) is 4. The number of methoxy groups -OCH3 is 1. The standard InChI is InChI=1S/C13H22N2O3/c1-10(5-6-11-4-3-7-18-11)15-13(16)8-12(9-14)17-2/h3-4,7,10,12H,5-6,8-9,14H2,1-2H3,(H,15,16). The van der Waals surface area contributed by atoms with E-state index in [4.69, 9.17) is 14.9 Å². The number of hydrogen-bond donors (Lipinski definition) is 2. The first-order valence-corrected chi connectivity index (χ1v) is 6.20. The highest BCUT2D eigenvalue weighted by Crippen LogP contribution is 2.06. The Morgan fingerprint density at radius 1 is 1.61 bits per heavy atom. The highest BCUT2D eigenvalue weighted by atomic mass is 16.5. The molecule has 0 radical (unpaired) electrons. The Kier molecular flexibility index (Phi) is 6.46. The molecule has 0 aliphatic rings. The molecule has 1 rings (SSSR count). The summed E-state index contributed by atoms with van der Waals surface area (Å²) in [6, 6.07) is 3.91. The molecular weight excluding hydrogens is 232 g/mol. The van der Waals surface area contributed by atoms with Gasteiger partial charge in [0.25, 0.3) is 0 Å². The van der Waals surface area contributed by atoms with Gasteiger partial charge in [0.1, 0.15) is 5.76 Å².